The van der Waals surface area contributed by atoms with Crippen molar-refractivity contribution in [1.82, 2.24) is 0 Å². The van der Waals surface area contributed by atoms with Gasteiger partial charge in [0.25, 0.3) is 5.91 Å². The lowest BCUT2D eigenvalue weighted by Crippen LogP contribution is -2.39. The Balaban J connectivity index is 2.21. The number of rotatable bonds is 1. The molecule has 1 spiro atoms. The van der Waals surface area contributed by atoms with Crippen molar-refractivity contribution in [1.29, 1.82) is 10.5 Å². The minimum absolute atomic E-state index is 0.128. The fourth-order valence-electron chi connectivity index (χ4n) is 3.78. The number of aliphatic imine (C=N–C) groups is 1. The molecule has 2 fully saturated rings. The van der Waals surface area contributed by atoms with Crippen LogP contribution in [0.5, 0.6) is 0 Å². The third kappa shape index (κ3) is 0.808. The average Bonchev–Trinajstić information content (AvgIpc) is 2.62. The Morgan fingerprint density at radius 2 is 1.94 bits per heavy atom. The summed E-state index contributed by atoms with van der Waals surface area (Å²) in [6.45, 7) is 4.67. The summed E-state index contributed by atoms with van der Waals surface area (Å²) in [4.78, 5) is 4.17. The molecule has 2 N–H and O–H groups in total. The van der Waals surface area contributed by atoms with E-state index in [1.165, 1.54) is 0 Å². The second kappa shape index (κ2) is 3.03. The molecule has 0 amide bonds. The first kappa shape index (κ1) is 11.5. The fraction of sp³-hybridized carbons (Fsp3) is 0.750. The Kier molecular flexibility index (Phi) is 1.93. The lowest BCUT2D eigenvalue weighted by atomic mass is 9.93. The summed E-state index contributed by atoms with van der Waals surface area (Å²) in [6.07, 6.45) is 0. The van der Waals surface area contributed by atoms with Gasteiger partial charge in [-0.1, -0.05) is 13.8 Å². The van der Waals surface area contributed by atoms with Gasteiger partial charge in [-0.25, -0.2) is 4.99 Å². The van der Waals surface area contributed by atoms with E-state index >= 15 is 0 Å². The van der Waals surface area contributed by atoms with Crippen LogP contribution < -0.4 is 5.73 Å². The van der Waals surface area contributed by atoms with Crippen molar-refractivity contribution in [2.45, 2.75) is 19.8 Å². The van der Waals surface area contributed by atoms with Crippen molar-refractivity contribution < 1.29 is 9.47 Å². The van der Waals surface area contributed by atoms with Crippen molar-refractivity contribution in [3.8, 4) is 12.1 Å². The Hall–Kier alpha value is -1.63. The monoisotopic (exact) mass is 246 g/mol. The van der Waals surface area contributed by atoms with Crippen LogP contribution in [0.25, 0.3) is 0 Å². The Morgan fingerprint density at radius 1 is 1.33 bits per heavy atom. The van der Waals surface area contributed by atoms with Crippen LogP contribution in [0.15, 0.2) is 4.99 Å². The van der Waals surface area contributed by atoms with Crippen molar-refractivity contribution in [2.24, 2.45) is 33.4 Å². The first-order chi connectivity index (χ1) is 8.52. The third-order valence-electron chi connectivity index (χ3n) is 4.34. The van der Waals surface area contributed by atoms with Crippen LogP contribution >= 0.6 is 0 Å². The Morgan fingerprint density at radius 3 is 2.33 bits per heavy atom. The van der Waals surface area contributed by atoms with E-state index in [0.29, 0.717) is 13.2 Å². The van der Waals surface area contributed by atoms with E-state index in [1.807, 2.05) is 13.8 Å². The van der Waals surface area contributed by atoms with Gasteiger partial charge >= 0.3 is 0 Å². The van der Waals surface area contributed by atoms with Crippen LogP contribution in [0.3, 0.4) is 0 Å². The van der Waals surface area contributed by atoms with E-state index in [2.05, 4.69) is 17.1 Å². The molecule has 3 rings (SSSR count). The molecular formula is C12H14N4O2. The van der Waals surface area contributed by atoms with Gasteiger partial charge in [0, 0.05) is 5.92 Å². The van der Waals surface area contributed by atoms with E-state index in [9.17, 15) is 10.5 Å². The SMILES string of the molecule is CC(C)[C@@H]1[C@]2(C#N)C(N)=NC3(OCCO3)[C@]12C#N. The van der Waals surface area contributed by atoms with E-state index < -0.39 is 16.7 Å². The van der Waals surface area contributed by atoms with Crippen LogP contribution in [0.1, 0.15) is 13.8 Å². The third-order valence-corrected chi connectivity index (χ3v) is 4.34. The molecule has 6 nitrogen and oxygen atoms in total. The van der Waals surface area contributed by atoms with Crippen molar-refractivity contribution in [3.63, 3.8) is 0 Å². The maximum Gasteiger partial charge on any atom is 0.293 e. The van der Waals surface area contributed by atoms with Gasteiger partial charge in [0.05, 0.1) is 25.4 Å². The maximum atomic E-state index is 9.64. The number of hydrogen-bond donors (Lipinski definition) is 1. The van der Waals surface area contributed by atoms with Gasteiger partial charge in [0.2, 0.25) is 0 Å². The van der Waals surface area contributed by atoms with Crippen LogP contribution in [0.2, 0.25) is 0 Å². The smallest absolute Gasteiger partial charge is 0.293 e. The zero-order valence-electron chi connectivity index (χ0n) is 10.3. The maximum absolute atomic E-state index is 9.64. The molecule has 0 bridgehead atoms. The molecule has 1 saturated carbocycles. The minimum Gasteiger partial charge on any atom is -0.386 e. The Labute approximate surface area is 105 Å². The van der Waals surface area contributed by atoms with E-state index in [1.54, 1.807) is 0 Å². The summed E-state index contributed by atoms with van der Waals surface area (Å²) in [5, 5.41) is 19.2. The van der Waals surface area contributed by atoms with E-state index in [0.717, 1.165) is 0 Å². The van der Waals surface area contributed by atoms with Crippen molar-refractivity contribution >= 4 is 5.84 Å². The molecule has 0 aromatic heterocycles. The molecule has 0 unspecified atom stereocenters. The molecule has 3 atom stereocenters. The van der Waals surface area contributed by atoms with Crippen LogP contribution in [-0.2, 0) is 9.47 Å². The molecule has 6 heteroatoms. The highest BCUT2D eigenvalue weighted by Gasteiger charge is 2.94. The summed E-state index contributed by atoms with van der Waals surface area (Å²) < 4.78 is 11.1. The highest BCUT2D eigenvalue weighted by Crippen LogP contribution is 2.80. The summed E-state index contributed by atoms with van der Waals surface area (Å²) >= 11 is 0. The number of nitriles is 2. The fourth-order valence-corrected chi connectivity index (χ4v) is 3.78. The summed E-state index contributed by atoms with van der Waals surface area (Å²) in [5.41, 5.74) is 3.78. The topological polar surface area (TPSA) is 104 Å². The summed E-state index contributed by atoms with van der Waals surface area (Å²) in [5.74, 6) is -1.26. The largest absolute Gasteiger partial charge is 0.386 e. The van der Waals surface area contributed by atoms with E-state index in [4.69, 9.17) is 15.2 Å². The van der Waals surface area contributed by atoms with Crippen molar-refractivity contribution in [3.05, 3.63) is 0 Å². The van der Waals surface area contributed by atoms with Gasteiger partial charge in [-0.3, -0.25) is 0 Å². The number of fused-ring (bicyclic) bond motifs is 2. The second-order valence-electron chi connectivity index (χ2n) is 5.34. The van der Waals surface area contributed by atoms with Gasteiger partial charge in [-0.15, -0.1) is 0 Å². The molecule has 2 aliphatic heterocycles. The van der Waals surface area contributed by atoms with Crippen molar-refractivity contribution in [2.75, 3.05) is 13.2 Å². The molecule has 3 aliphatic rings. The van der Waals surface area contributed by atoms with Crippen LogP contribution in [-0.4, -0.2) is 25.0 Å². The highest BCUT2D eigenvalue weighted by molar-refractivity contribution is 5.98. The van der Waals surface area contributed by atoms with Gasteiger partial charge in [0.1, 0.15) is 11.3 Å². The van der Waals surface area contributed by atoms with Crippen LogP contribution in [0.4, 0.5) is 0 Å². The molecule has 18 heavy (non-hydrogen) atoms. The molecule has 1 saturated heterocycles. The molecule has 1 aliphatic carbocycles. The number of hydrogen-bond acceptors (Lipinski definition) is 6. The Bertz CT molecular complexity index is 523. The molecule has 94 valence electrons. The number of nitrogens with zero attached hydrogens (tertiary/aromatic N) is 3. The number of ether oxygens (including phenoxy) is 2. The van der Waals surface area contributed by atoms with Gasteiger partial charge in [0.15, 0.2) is 5.41 Å². The first-order valence-electron chi connectivity index (χ1n) is 5.98. The van der Waals surface area contributed by atoms with Crippen LogP contribution in [0, 0.1) is 45.3 Å². The normalized spacial score (nSPS) is 43.4. The number of amidine groups is 1. The average molecular weight is 246 g/mol. The summed E-state index contributed by atoms with van der Waals surface area (Å²) in [6, 6.07) is 4.43. The predicted molar refractivity (Wildman–Crippen MR) is 60.7 cm³/mol. The quantitative estimate of drug-likeness (QED) is 0.719. The van der Waals surface area contributed by atoms with Gasteiger partial charge in [-0.2, -0.15) is 10.5 Å². The molecule has 0 aromatic rings. The summed E-state index contributed by atoms with van der Waals surface area (Å²) in [7, 11) is 0. The zero-order chi connectivity index (χ0) is 13.2. The lowest BCUT2D eigenvalue weighted by Gasteiger charge is -2.26. The van der Waals surface area contributed by atoms with Gasteiger partial charge in [-0.05, 0) is 5.92 Å². The molecule has 0 radical (unpaired) electrons. The van der Waals surface area contributed by atoms with E-state index in [-0.39, 0.29) is 17.7 Å². The zero-order valence-corrected chi connectivity index (χ0v) is 10.3. The highest BCUT2D eigenvalue weighted by atomic mass is 16.8. The predicted octanol–water partition coefficient (Wildman–Crippen LogP) is 0.364. The standard InChI is InChI=1S/C12H14N4O2/c1-7(2)8-10(5-13)9(15)16-12(11(8,10)6-14)17-3-4-18-12/h7-8H,3-4H2,1-2H3,(H2,15,16)/t8-,10-,11-/m1/s1. The molecule has 0 aromatic carbocycles. The first-order valence-corrected chi connectivity index (χ1v) is 5.98. The minimum atomic E-state index is -1.36. The molecular weight excluding hydrogens is 232 g/mol. The number of nitrogens with two attached hydrogens (primary N) is 1. The molecule has 2 heterocycles. The lowest BCUT2D eigenvalue weighted by molar-refractivity contribution is -0.187. The van der Waals surface area contributed by atoms with Gasteiger partial charge < -0.3 is 15.2 Å². The second-order valence-corrected chi connectivity index (χ2v) is 5.34.